The first kappa shape index (κ1) is 13.2. The Morgan fingerprint density at radius 2 is 1.53 bits per heavy atom. The number of rotatable bonds is 5. The lowest BCUT2D eigenvalue weighted by Crippen LogP contribution is -2.30. The molecule has 0 radical (unpaired) electrons. The van der Waals surface area contributed by atoms with Crippen LogP contribution in [0, 0.1) is 0 Å². The van der Waals surface area contributed by atoms with E-state index < -0.39 is 0 Å². The highest BCUT2D eigenvalue weighted by atomic mass is 15.5. The fourth-order valence-electron chi connectivity index (χ4n) is 1.77. The third-order valence-electron chi connectivity index (χ3n) is 2.79. The van der Waals surface area contributed by atoms with Crippen molar-refractivity contribution in [1.29, 1.82) is 0 Å². The Morgan fingerprint density at radius 3 is 2.11 bits per heavy atom. The quantitative estimate of drug-likeness (QED) is 0.623. The van der Waals surface area contributed by atoms with Crippen molar-refractivity contribution in [3.05, 3.63) is 72.3 Å². The summed E-state index contributed by atoms with van der Waals surface area (Å²) < 4.78 is 0. The van der Waals surface area contributed by atoms with Crippen LogP contribution in [0.2, 0.25) is 0 Å². The first-order chi connectivity index (χ1) is 9.25. The first-order valence-electron chi connectivity index (χ1n) is 6.53. The zero-order valence-electron chi connectivity index (χ0n) is 11.5. The molecule has 2 aromatic carbocycles. The lowest BCUT2D eigenvalue weighted by Gasteiger charge is -2.25. The second-order valence-electron chi connectivity index (χ2n) is 4.71. The van der Waals surface area contributed by atoms with E-state index in [0.717, 1.165) is 17.9 Å². The zero-order chi connectivity index (χ0) is 13.5. The number of hydrogen-bond donors (Lipinski definition) is 1. The lowest BCUT2D eigenvalue weighted by atomic mass is 10.3. The molecule has 2 nitrogen and oxygen atoms in total. The molecule has 0 saturated carbocycles. The molecule has 0 atom stereocenters. The van der Waals surface area contributed by atoms with Crippen LogP contribution in [0.15, 0.2) is 72.3 Å². The molecule has 0 aliphatic heterocycles. The molecule has 0 spiro atoms. The largest absolute Gasteiger partial charge is 0.298 e. The number of para-hydroxylation sites is 2. The minimum Gasteiger partial charge on any atom is -0.298 e. The van der Waals surface area contributed by atoms with Crippen molar-refractivity contribution in [2.45, 2.75) is 13.8 Å². The smallest absolute Gasteiger partial charge is 0.0577 e. The van der Waals surface area contributed by atoms with E-state index in [9.17, 15) is 0 Å². The number of nitrogens with one attached hydrogen (secondary N) is 1. The van der Waals surface area contributed by atoms with E-state index in [4.69, 9.17) is 0 Å². The van der Waals surface area contributed by atoms with Gasteiger partial charge < -0.3 is 0 Å². The normalized spacial score (nSPS) is 9.79. The lowest BCUT2D eigenvalue weighted by molar-refractivity contribution is 0.995. The summed E-state index contributed by atoms with van der Waals surface area (Å²) in [6.45, 7) is 5.07. The molecule has 98 valence electrons. The standard InChI is InChI=1S/C17H20N2/c1-15(2)13-14-19(17-11-7-4-8-12-17)18-16-9-5-3-6-10-16/h3-13,18H,14H2,1-2H3. The van der Waals surface area contributed by atoms with E-state index in [2.05, 4.69) is 66.8 Å². The van der Waals surface area contributed by atoms with Crippen LogP contribution in [0.4, 0.5) is 11.4 Å². The highest BCUT2D eigenvalue weighted by Gasteiger charge is 2.04. The van der Waals surface area contributed by atoms with Gasteiger partial charge >= 0.3 is 0 Å². The van der Waals surface area contributed by atoms with Gasteiger partial charge in [-0.25, -0.2) is 0 Å². The van der Waals surface area contributed by atoms with Gasteiger partial charge in [0.2, 0.25) is 0 Å². The summed E-state index contributed by atoms with van der Waals surface area (Å²) >= 11 is 0. The van der Waals surface area contributed by atoms with Gasteiger partial charge in [0.15, 0.2) is 0 Å². The predicted molar refractivity (Wildman–Crippen MR) is 83.3 cm³/mol. The molecule has 19 heavy (non-hydrogen) atoms. The van der Waals surface area contributed by atoms with Crippen LogP contribution < -0.4 is 10.4 Å². The van der Waals surface area contributed by atoms with Gasteiger partial charge in [-0.05, 0) is 38.1 Å². The summed E-state index contributed by atoms with van der Waals surface area (Å²) in [5, 5.41) is 2.14. The minimum atomic E-state index is 0.835. The molecule has 0 saturated heterocycles. The Bertz CT molecular complexity index is 513. The summed E-state index contributed by atoms with van der Waals surface area (Å²) in [5.74, 6) is 0. The van der Waals surface area contributed by atoms with Gasteiger partial charge in [0.25, 0.3) is 0 Å². The fraction of sp³-hybridized carbons (Fsp3) is 0.176. The number of hydrazine groups is 1. The average Bonchev–Trinajstić information content (AvgIpc) is 2.45. The second-order valence-corrected chi connectivity index (χ2v) is 4.71. The molecule has 0 aliphatic carbocycles. The Kier molecular flexibility index (Phi) is 4.62. The molecular formula is C17H20N2. The summed E-state index contributed by atoms with van der Waals surface area (Å²) in [7, 11) is 0. The third kappa shape index (κ3) is 4.18. The van der Waals surface area contributed by atoms with E-state index >= 15 is 0 Å². The van der Waals surface area contributed by atoms with Gasteiger partial charge in [-0.1, -0.05) is 48.0 Å². The highest BCUT2D eigenvalue weighted by molar-refractivity contribution is 5.55. The summed E-state index contributed by atoms with van der Waals surface area (Å²) in [5.41, 5.74) is 7.00. The molecule has 0 heterocycles. The molecule has 0 fully saturated rings. The average molecular weight is 252 g/mol. The van der Waals surface area contributed by atoms with E-state index in [1.807, 2.05) is 24.3 Å². The second kappa shape index (κ2) is 6.64. The zero-order valence-corrected chi connectivity index (χ0v) is 11.5. The summed E-state index contributed by atoms with van der Waals surface area (Å²) in [4.78, 5) is 0. The molecule has 0 bridgehead atoms. The van der Waals surface area contributed by atoms with E-state index in [1.165, 1.54) is 5.57 Å². The number of nitrogens with zero attached hydrogens (tertiary/aromatic N) is 1. The van der Waals surface area contributed by atoms with Crippen LogP contribution in [-0.2, 0) is 0 Å². The predicted octanol–water partition coefficient (Wildman–Crippen LogP) is 4.49. The molecule has 2 rings (SSSR count). The SMILES string of the molecule is CC(C)=CCN(Nc1ccccc1)c1ccccc1. The maximum absolute atomic E-state index is 3.44. The van der Waals surface area contributed by atoms with Crippen LogP contribution in [0.3, 0.4) is 0 Å². The van der Waals surface area contributed by atoms with Gasteiger partial charge in [0.1, 0.15) is 0 Å². The van der Waals surface area contributed by atoms with Crippen LogP contribution in [0.1, 0.15) is 13.8 Å². The van der Waals surface area contributed by atoms with Gasteiger partial charge in [-0.15, -0.1) is 0 Å². The van der Waals surface area contributed by atoms with Crippen molar-refractivity contribution >= 4 is 11.4 Å². The Hall–Kier alpha value is -2.22. The van der Waals surface area contributed by atoms with Gasteiger partial charge in [-0.2, -0.15) is 0 Å². The van der Waals surface area contributed by atoms with E-state index in [-0.39, 0.29) is 0 Å². The summed E-state index contributed by atoms with van der Waals surface area (Å²) in [6, 6.07) is 20.6. The van der Waals surface area contributed by atoms with Gasteiger partial charge in [-0.3, -0.25) is 10.4 Å². The molecule has 0 unspecified atom stereocenters. The minimum absolute atomic E-state index is 0.835. The van der Waals surface area contributed by atoms with Crippen molar-refractivity contribution in [1.82, 2.24) is 0 Å². The molecule has 0 aliphatic rings. The topological polar surface area (TPSA) is 15.3 Å². The Balaban J connectivity index is 2.17. The van der Waals surface area contributed by atoms with Gasteiger partial charge in [0.05, 0.1) is 17.9 Å². The van der Waals surface area contributed by atoms with Crippen molar-refractivity contribution in [2.75, 3.05) is 17.0 Å². The van der Waals surface area contributed by atoms with Gasteiger partial charge in [0, 0.05) is 0 Å². The third-order valence-corrected chi connectivity index (χ3v) is 2.79. The molecule has 2 heteroatoms. The molecule has 0 aromatic heterocycles. The number of allylic oxidation sites excluding steroid dienone is 1. The van der Waals surface area contributed by atoms with E-state index in [1.54, 1.807) is 0 Å². The van der Waals surface area contributed by atoms with Crippen molar-refractivity contribution in [3.8, 4) is 0 Å². The maximum atomic E-state index is 3.44. The molecule has 0 amide bonds. The monoisotopic (exact) mass is 252 g/mol. The van der Waals surface area contributed by atoms with E-state index in [0.29, 0.717) is 0 Å². The molecule has 1 N–H and O–H groups in total. The van der Waals surface area contributed by atoms with Crippen LogP contribution >= 0.6 is 0 Å². The molecule has 2 aromatic rings. The fourth-order valence-corrected chi connectivity index (χ4v) is 1.77. The van der Waals surface area contributed by atoms with Crippen molar-refractivity contribution < 1.29 is 0 Å². The number of anilines is 2. The number of benzene rings is 2. The van der Waals surface area contributed by atoms with Crippen LogP contribution in [0.5, 0.6) is 0 Å². The number of hydrogen-bond acceptors (Lipinski definition) is 2. The molecular weight excluding hydrogens is 232 g/mol. The Labute approximate surface area is 115 Å². The highest BCUT2D eigenvalue weighted by Crippen LogP contribution is 2.16. The van der Waals surface area contributed by atoms with Crippen LogP contribution in [-0.4, -0.2) is 6.54 Å². The summed E-state index contributed by atoms with van der Waals surface area (Å²) in [6.07, 6.45) is 2.21. The van der Waals surface area contributed by atoms with Crippen molar-refractivity contribution in [3.63, 3.8) is 0 Å². The first-order valence-corrected chi connectivity index (χ1v) is 6.53. The Morgan fingerprint density at radius 1 is 0.947 bits per heavy atom. The van der Waals surface area contributed by atoms with Crippen LogP contribution in [0.25, 0.3) is 0 Å². The maximum Gasteiger partial charge on any atom is 0.0577 e. The van der Waals surface area contributed by atoms with Crippen molar-refractivity contribution in [2.24, 2.45) is 0 Å².